The Bertz CT molecular complexity index is 231. The maximum atomic E-state index is 9.21. The van der Waals surface area contributed by atoms with Crippen molar-refractivity contribution in [1.82, 2.24) is 0 Å². The zero-order valence-corrected chi connectivity index (χ0v) is 7.65. The van der Waals surface area contributed by atoms with Gasteiger partial charge < -0.3 is 5.11 Å². The van der Waals surface area contributed by atoms with Crippen LogP contribution in [-0.4, -0.2) is 5.11 Å². The predicted octanol–water partition coefficient (Wildman–Crippen LogP) is 2.73. The summed E-state index contributed by atoms with van der Waals surface area (Å²) in [5.74, 6) is 0. The van der Waals surface area contributed by atoms with E-state index >= 15 is 0 Å². The average molecular weight is 219 g/mol. The van der Waals surface area contributed by atoms with Crippen LogP contribution >= 0.6 is 27.3 Å². The van der Waals surface area contributed by atoms with Crippen LogP contribution in [0.2, 0.25) is 0 Å². The van der Waals surface area contributed by atoms with Crippen LogP contribution in [0.15, 0.2) is 28.6 Å². The van der Waals surface area contributed by atoms with Crippen LogP contribution in [0.5, 0.6) is 0 Å². The Balaban J connectivity index is 2.84. The summed E-state index contributed by atoms with van der Waals surface area (Å²) in [5, 5.41) is 11.1. The highest BCUT2D eigenvalue weighted by atomic mass is 79.9. The fraction of sp³-hybridized carbons (Fsp3) is 0.143. The third-order valence-corrected chi connectivity index (χ3v) is 2.87. The lowest BCUT2D eigenvalue weighted by atomic mass is 10.3. The molecule has 0 aliphatic carbocycles. The van der Waals surface area contributed by atoms with Gasteiger partial charge in [0.25, 0.3) is 0 Å². The van der Waals surface area contributed by atoms with Crippen LogP contribution in [0.25, 0.3) is 0 Å². The van der Waals surface area contributed by atoms with Gasteiger partial charge in [-0.25, -0.2) is 0 Å². The smallest absolute Gasteiger partial charge is 0.106 e. The molecule has 0 amide bonds. The minimum absolute atomic E-state index is 0.517. The molecule has 0 aliphatic heterocycles. The van der Waals surface area contributed by atoms with E-state index in [0.717, 1.165) is 9.35 Å². The summed E-state index contributed by atoms with van der Waals surface area (Å²) in [4.78, 5) is 0.918. The summed E-state index contributed by atoms with van der Waals surface area (Å²) in [6.07, 6.45) is 0.995. The zero-order chi connectivity index (χ0) is 7.56. The molecule has 1 aromatic rings. The lowest BCUT2D eigenvalue weighted by Gasteiger charge is -1.97. The highest BCUT2D eigenvalue weighted by molar-refractivity contribution is 9.10. The molecule has 1 atom stereocenters. The summed E-state index contributed by atoms with van der Waals surface area (Å²) in [6.45, 7) is 3.49. The molecule has 0 saturated carbocycles. The Hall–Kier alpha value is -0.120. The monoisotopic (exact) mass is 218 g/mol. The minimum atomic E-state index is -0.517. The normalized spacial score (nSPS) is 13.0. The van der Waals surface area contributed by atoms with Gasteiger partial charge in [0.2, 0.25) is 0 Å². The van der Waals surface area contributed by atoms with Crippen LogP contribution in [0.1, 0.15) is 11.0 Å². The Labute approximate surface area is 72.1 Å². The number of aliphatic hydroxyl groups excluding tert-OH is 1. The summed E-state index contributed by atoms with van der Waals surface area (Å²) < 4.78 is 1.01. The molecule has 0 fully saturated rings. The summed E-state index contributed by atoms with van der Waals surface area (Å²) >= 11 is 4.81. The number of halogens is 1. The number of hydrogen-bond donors (Lipinski definition) is 1. The molecule has 10 heavy (non-hydrogen) atoms. The van der Waals surface area contributed by atoms with Crippen molar-refractivity contribution in [3.63, 3.8) is 0 Å². The van der Waals surface area contributed by atoms with Crippen LogP contribution < -0.4 is 0 Å². The molecule has 1 N–H and O–H groups in total. The van der Waals surface area contributed by atoms with Gasteiger partial charge in [0.15, 0.2) is 0 Å². The van der Waals surface area contributed by atoms with E-state index in [1.165, 1.54) is 17.4 Å². The molecule has 1 unspecified atom stereocenters. The molecule has 54 valence electrons. The van der Waals surface area contributed by atoms with Gasteiger partial charge in [-0.15, -0.1) is 17.9 Å². The van der Waals surface area contributed by atoms with E-state index in [2.05, 4.69) is 22.5 Å². The van der Waals surface area contributed by atoms with Crippen LogP contribution in [-0.2, 0) is 0 Å². The molecular weight excluding hydrogens is 212 g/mol. The van der Waals surface area contributed by atoms with Gasteiger partial charge in [0, 0.05) is 14.7 Å². The van der Waals surface area contributed by atoms with Gasteiger partial charge in [-0.05, 0) is 22.0 Å². The van der Waals surface area contributed by atoms with Crippen molar-refractivity contribution >= 4 is 27.3 Å². The van der Waals surface area contributed by atoms with Crippen molar-refractivity contribution in [2.24, 2.45) is 0 Å². The third kappa shape index (κ3) is 1.68. The Morgan fingerprint density at radius 2 is 2.50 bits per heavy atom. The lowest BCUT2D eigenvalue weighted by molar-refractivity contribution is 0.233. The molecule has 0 aromatic carbocycles. The molecule has 0 bridgehead atoms. The van der Waals surface area contributed by atoms with E-state index in [1.54, 1.807) is 0 Å². The molecule has 0 radical (unpaired) electrons. The van der Waals surface area contributed by atoms with E-state index in [0.29, 0.717) is 0 Å². The number of thiophene rings is 1. The molecule has 0 aliphatic rings. The Morgan fingerprint density at radius 1 is 1.80 bits per heavy atom. The van der Waals surface area contributed by atoms with Crippen molar-refractivity contribution in [2.75, 3.05) is 0 Å². The average Bonchev–Trinajstić information content (AvgIpc) is 2.34. The van der Waals surface area contributed by atoms with Gasteiger partial charge in [-0.2, -0.15) is 0 Å². The van der Waals surface area contributed by atoms with Crippen LogP contribution in [0.3, 0.4) is 0 Å². The summed E-state index contributed by atoms with van der Waals surface area (Å²) in [5.41, 5.74) is 0. The van der Waals surface area contributed by atoms with Crippen LogP contribution in [0, 0.1) is 0 Å². The largest absolute Gasteiger partial charge is 0.383 e. The first-order valence-electron chi connectivity index (χ1n) is 2.78. The van der Waals surface area contributed by atoms with E-state index in [1.807, 2.05) is 11.4 Å². The Kier molecular flexibility index (Phi) is 2.65. The van der Waals surface area contributed by atoms with E-state index in [9.17, 15) is 5.11 Å². The number of rotatable bonds is 2. The molecule has 1 nitrogen and oxygen atoms in total. The number of aliphatic hydroxyl groups is 1. The Morgan fingerprint density at radius 3 is 2.90 bits per heavy atom. The maximum absolute atomic E-state index is 9.21. The maximum Gasteiger partial charge on any atom is 0.106 e. The van der Waals surface area contributed by atoms with Crippen LogP contribution in [0.4, 0.5) is 0 Å². The zero-order valence-electron chi connectivity index (χ0n) is 5.25. The van der Waals surface area contributed by atoms with E-state index < -0.39 is 6.10 Å². The van der Waals surface area contributed by atoms with Crippen molar-refractivity contribution < 1.29 is 5.11 Å². The van der Waals surface area contributed by atoms with Gasteiger partial charge in [-0.3, -0.25) is 0 Å². The number of hydrogen-bond acceptors (Lipinski definition) is 2. The van der Waals surface area contributed by atoms with Crippen molar-refractivity contribution in [2.45, 2.75) is 6.10 Å². The molecule has 0 saturated heterocycles. The molecule has 3 heteroatoms. The predicted molar refractivity (Wildman–Crippen MR) is 47.2 cm³/mol. The fourth-order valence-corrected chi connectivity index (χ4v) is 2.03. The summed E-state index contributed by atoms with van der Waals surface area (Å²) in [6, 6.07) is 1.89. The van der Waals surface area contributed by atoms with Gasteiger partial charge in [0.1, 0.15) is 6.10 Å². The molecule has 1 rings (SSSR count). The molecule has 1 heterocycles. The highest BCUT2D eigenvalue weighted by Gasteiger charge is 2.03. The standard InChI is InChI=1S/C7H7BrOS/c1-2-6(9)7-3-5(8)4-10-7/h2-4,6,9H,1H2. The SMILES string of the molecule is C=CC(O)c1cc(Br)cs1. The molecule has 0 spiro atoms. The second kappa shape index (κ2) is 3.32. The second-order valence-corrected chi connectivity index (χ2v) is 3.71. The first kappa shape index (κ1) is 7.98. The second-order valence-electron chi connectivity index (χ2n) is 1.85. The fourth-order valence-electron chi connectivity index (χ4n) is 0.600. The highest BCUT2D eigenvalue weighted by Crippen LogP contribution is 2.25. The first-order chi connectivity index (χ1) is 4.74. The van der Waals surface area contributed by atoms with Crippen molar-refractivity contribution in [1.29, 1.82) is 0 Å². The van der Waals surface area contributed by atoms with Crippen molar-refractivity contribution in [3.05, 3.63) is 33.5 Å². The van der Waals surface area contributed by atoms with Crippen molar-refractivity contribution in [3.8, 4) is 0 Å². The van der Waals surface area contributed by atoms with E-state index in [-0.39, 0.29) is 0 Å². The topological polar surface area (TPSA) is 20.2 Å². The first-order valence-corrected chi connectivity index (χ1v) is 4.46. The quantitative estimate of drug-likeness (QED) is 0.758. The van der Waals surface area contributed by atoms with Gasteiger partial charge >= 0.3 is 0 Å². The van der Waals surface area contributed by atoms with Gasteiger partial charge in [0.05, 0.1) is 0 Å². The van der Waals surface area contributed by atoms with E-state index in [4.69, 9.17) is 0 Å². The summed E-state index contributed by atoms with van der Waals surface area (Å²) in [7, 11) is 0. The molecular formula is C7H7BrOS. The third-order valence-electron chi connectivity index (χ3n) is 1.10. The molecule has 1 aromatic heterocycles. The minimum Gasteiger partial charge on any atom is -0.383 e. The van der Waals surface area contributed by atoms with Gasteiger partial charge in [-0.1, -0.05) is 6.08 Å². The lowest BCUT2D eigenvalue weighted by Crippen LogP contribution is -1.85.